The highest BCUT2D eigenvalue weighted by molar-refractivity contribution is 9.10. The highest BCUT2D eigenvalue weighted by Crippen LogP contribution is 2.32. The van der Waals surface area contributed by atoms with Gasteiger partial charge in [-0.2, -0.15) is 0 Å². The van der Waals surface area contributed by atoms with Crippen LogP contribution in [0, 0.1) is 11.8 Å². The van der Waals surface area contributed by atoms with Crippen molar-refractivity contribution in [2.24, 2.45) is 11.8 Å². The molecule has 0 unspecified atom stereocenters. The molecular weight excluding hydrogens is 534 g/mol. The van der Waals surface area contributed by atoms with Crippen molar-refractivity contribution in [1.82, 2.24) is 4.90 Å². The third kappa shape index (κ3) is 7.59. The molecule has 0 aliphatic carbocycles. The standard InChI is InChI=1S/C25H34BrN3O5S/c1-5-34-22-8-7-20(13-21(22)26)28-35(31,32)24-14-19(6-9-23(24)33-4)27-25(30)10-11-29-15-17(2)12-18(3)16-29/h6-9,13-14,17-18,28H,5,10-12,15-16H2,1-4H3,(H,27,30)/t17-,18+. The third-order valence-electron chi connectivity index (χ3n) is 5.82. The van der Waals surface area contributed by atoms with Gasteiger partial charge in [0.15, 0.2) is 0 Å². The Bertz CT molecular complexity index is 1130. The normalized spacial score (nSPS) is 18.7. The monoisotopic (exact) mass is 567 g/mol. The zero-order chi connectivity index (χ0) is 25.6. The summed E-state index contributed by atoms with van der Waals surface area (Å²) in [7, 11) is -2.59. The number of carbonyl (C=O) groups is 1. The van der Waals surface area contributed by atoms with E-state index in [0.717, 1.165) is 13.1 Å². The first-order valence-electron chi connectivity index (χ1n) is 11.8. The maximum Gasteiger partial charge on any atom is 0.265 e. The van der Waals surface area contributed by atoms with Crippen LogP contribution in [-0.2, 0) is 14.8 Å². The van der Waals surface area contributed by atoms with Crippen LogP contribution in [-0.4, -0.2) is 52.6 Å². The van der Waals surface area contributed by atoms with Crippen LogP contribution in [0.25, 0.3) is 0 Å². The Balaban J connectivity index is 1.70. The molecule has 1 aliphatic rings. The maximum absolute atomic E-state index is 13.2. The quantitative estimate of drug-likeness (QED) is 0.421. The largest absolute Gasteiger partial charge is 0.495 e. The molecule has 8 nitrogen and oxygen atoms in total. The summed E-state index contributed by atoms with van der Waals surface area (Å²) in [4.78, 5) is 14.8. The fourth-order valence-corrected chi connectivity index (χ4v) is 6.21. The Labute approximate surface area is 216 Å². The summed E-state index contributed by atoms with van der Waals surface area (Å²) >= 11 is 3.39. The maximum atomic E-state index is 13.2. The van der Waals surface area contributed by atoms with Gasteiger partial charge in [0.25, 0.3) is 10.0 Å². The van der Waals surface area contributed by atoms with Crippen LogP contribution >= 0.6 is 15.9 Å². The van der Waals surface area contributed by atoms with Gasteiger partial charge in [0.05, 0.1) is 23.9 Å². The average Bonchev–Trinajstić information content (AvgIpc) is 2.79. The Morgan fingerprint density at radius 1 is 1.09 bits per heavy atom. The molecule has 3 rings (SSSR count). The second-order valence-electron chi connectivity index (χ2n) is 9.05. The fraction of sp³-hybridized carbons (Fsp3) is 0.480. The number of hydrogen-bond donors (Lipinski definition) is 2. The number of sulfonamides is 1. The van der Waals surface area contributed by atoms with Crippen molar-refractivity contribution < 1.29 is 22.7 Å². The van der Waals surface area contributed by atoms with Crippen molar-refractivity contribution in [3.05, 3.63) is 40.9 Å². The summed E-state index contributed by atoms with van der Waals surface area (Å²) in [6.07, 6.45) is 1.56. The smallest absolute Gasteiger partial charge is 0.265 e. The van der Waals surface area contributed by atoms with Gasteiger partial charge in [-0.1, -0.05) is 13.8 Å². The summed E-state index contributed by atoms with van der Waals surface area (Å²) in [6, 6.07) is 9.51. The molecule has 35 heavy (non-hydrogen) atoms. The van der Waals surface area contributed by atoms with E-state index in [4.69, 9.17) is 9.47 Å². The van der Waals surface area contributed by atoms with Crippen LogP contribution in [0.4, 0.5) is 11.4 Å². The molecule has 0 spiro atoms. The average molecular weight is 569 g/mol. The van der Waals surface area contributed by atoms with E-state index in [1.165, 1.54) is 25.7 Å². The number of likely N-dealkylation sites (tertiary alicyclic amines) is 1. The van der Waals surface area contributed by atoms with Crippen molar-refractivity contribution in [2.45, 2.75) is 38.5 Å². The van der Waals surface area contributed by atoms with Crippen LogP contribution < -0.4 is 19.5 Å². The molecule has 1 heterocycles. The van der Waals surface area contributed by atoms with E-state index in [0.29, 0.717) is 53.0 Å². The van der Waals surface area contributed by atoms with Gasteiger partial charge in [0, 0.05) is 31.7 Å². The molecule has 192 valence electrons. The predicted molar refractivity (Wildman–Crippen MR) is 142 cm³/mol. The molecule has 0 bridgehead atoms. The first-order valence-corrected chi connectivity index (χ1v) is 14.0. The highest BCUT2D eigenvalue weighted by atomic mass is 79.9. The molecule has 1 amide bonds. The van der Waals surface area contributed by atoms with E-state index in [2.05, 4.69) is 44.7 Å². The molecule has 0 saturated carbocycles. The molecule has 1 saturated heterocycles. The Morgan fingerprint density at radius 3 is 2.37 bits per heavy atom. The second kappa shape index (κ2) is 12.1. The highest BCUT2D eigenvalue weighted by Gasteiger charge is 2.23. The zero-order valence-corrected chi connectivity index (χ0v) is 23.0. The molecular formula is C25H34BrN3O5S. The first-order chi connectivity index (χ1) is 16.6. The van der Waals surface area contributed by atoms with Crippen LogP contribution in [0.15, 0.2) is 45.8 Å². The molecule has 10 heteroatoms. The SMILES string of the molecule is CCOc1ccc(NS(=O)(=O)c2cc(NC(=O)CCN3C[C@H](C)C[C@H](C)C3)ccc2OC)cc1Br. The fourth-order valence-electron chi connectivity index (χ4n) is 4.47. The number of rotatable bonds is 10. The van der Waals surface area contributed by atoms with Crippen LogP contribution in [0.2, 0.25) is 0 Å². The van der Waals surface area contributed by atoms with Crippen molar-refractivity contribution in [3.63, 3.8) is 0 Å². The number of anilines is 2. The van der Waals surface area contributed by atoms with Crippen molar-refractivity contribution >= 4 is 43.2 Å². The number of piperidine rings is 1. The Hall–Kier alpha value is -2.30. The van der Waals surface area contributed by atoms with Crippen LogP contribution in [0.1, 0.15) is 33.6 Å². The minimum Gasteiger partial charge on any atom is -0.495 e. The summed E-state index contributed by atoms with van der Waals surface area (Å²) in [5.41, 5.74) is 0.756. The van der Waals surface area contributed by atoms with Gasteiger partial charge in [-0.3, -0.25) is 9.52 Å². The number of ether oxygens (including phenoxy) is 2. The lowest BCUT2D eigenvalue weighted by atomic mass is 9.92. The van der Waals surface area contributed by atoms with Gasteiger partial charge < -0.3 is 19.7 Å². The number of nitrogens with one attached hydrogen (secondary N) is 2. The molecule has 1 aliphatic heterocycles. The number of methoxy groups -OCH3 is 1. The summed E-state index contributed by atoms with van der Waals surface area (Å²) in [5.74, 6) is 1.88. The van der Waals surface area contributed by atoms with Gasteiger partial charge >= 0.3 is 0 Å². The zero-order valence-electron chi connectivity index (χ0n) is 20.6. The van der Waals surface area contributed by atoms with Gasteiger partial charge in [-0.05, 0) is 77.5 Å². The second-order valence-corrected chi connectivity index (χ2v) is 11.6. The third-order valence-corrected chi connectivity index (χ3v) is 7.84. The molecule has 2 N–H and O–H groups in total. The lowest BCUT2D eigenvalue weighted by molar-refractivity contribution is -0.116. The topological polar surface area (TPSA) is 97.0 Å². The van der Waals surface area contributed by atoms with Gasteiger partial charge in [0.2, 0.25) is 5.91 Å². The van der Waals surface area contributed by atoms with E-state index in [1.54, 1.807) is 24.3 Å². The summed E-state index contributed by atoms with van der Waals surface area (Å²) < 4.78 is 40.3. The van der Waals surface area contributed by atoms with Gasteiger partial charge in [-0.15, -0.1) is 0 Å². The molecule has 2 aromatic carbocycles. The minimum absolute atomic E-state index is 0.0681. The molecule has 0 radical (unpaired) electrons. The van der Waals surface area contributed by atoms with E-state index in [9.17, 15) is 13.2 Å². The van der Waals surface area contributed by atoms with Crippen LogP contribution in [0.5, 0.6) is 11.5 Å². The number of hydrogen-bond acceptors (Lipinski definition) is 6. The van der Waals surface area contributed by atoms with Gasteiger partial charge in [-0.25, -0.2) is 8.42 Å². The number of amides is 1. The Morgan fingerprint density at radius 2 is 1.74 bits per heavy atom. The number of halogens is 1. The number of nitrogens with zero attached hydrogens (tertiary/aromatic N) is 1. The van der Waals surface area contributed by atoms with Crippen LogP contribution in [0.3, 0.4) is 0 Å². The van der Waals surface area contributed by atoms with E-state index in [1.807, 2.05) is 6.92 Å². The minimum atomic E-state index is -3.99. The summed E-state index contributed by atoms with van der Waals surface area (Å²) in [6.45, 7) is 9.51. The van der Waals surface area contributed by atoms with Crippen molar-refractivity contribution in [3.8, 4) is 11.5 Å². The molecule has 0 aromatic heterocycles. The lowest BCUT2D eigenvalue weighted by Gasteiger charge is -2.34. The van der Waals surface area contributed by atoms with E-state index >= 15 is 0 Å². The van der Waals surface area contributed by atoms with Crippen molar-refractivity contribution in [2.75, 3.05) is 43.4 Å². The van der Waals surface area contributed by atoms with Crippen molar-refractivity contribution in [1.29, 1.82) is 0 Å². The summed E-state index contributed by atoms with van der Waals surface area (Å²) in [5, 5.41) is 2.82. The number of carbonyl (C=O) groups excluding carboxylic acids is 1. The Kier molecular flexibility index (Phi) is 9.43. The molecule has 1 fully saturated rings. The van der Waals surface area contributed by atoms with E-state index in [-0.39, 0.29) is 16.6 Å². The first kappa shape index (κ1) is 27.3. The number of benzene rings is 2. The van der Waals surface area contributed by atoms with Gasteiger partial charge in [0.1, 0.15) is 16.4 Å². The predicted octanol–water partition coefficient (Wildman–Crippen LogP) is 4.96. The molecule has 2 atom stereocenters. The lowest BCUT2D eigenvalue weighted by Crippen LogP contribution is -2.40. The van der Waals surface area contributed by atoms with E-state index < -0.39 is 10.0 Å². The molecule has 2 aromatic rings.